The topological polar surface area (TPSA) is 175 Å². The first-order chi connectivity index (χ1) is 17.6. The van der Waals surface area contributed by atoms with E-state index in [1.165, 1.54) is 42.5 Å². The van der Waals surface area contributed by atoms with Crippen molar-refractivity contribution < 1.29 is 19.4 Å². The summed E-state index contributed by atoms with van der Waals surface area (Å²) in [5.74, 6) is -0.650. The zero-order valence-corrected chi connectivity index (χ0v) is 21.1. The monoisotopic (exact) mass is 527 g/mol. The predicted octanol–water partition coefficient (Wildman–Crippen LogP) is 3.97. The molecule has 0 fully saturated rings. The van der Waals surface area contributed by atoms with Crippen molar-refractivity contribution in [3.8, 4) is 0 Å². The van der Waals surface area contributed by atoms with Crippen molar-refractivity contribution in [2.45, 2.75) is 38.5 Å². The molecule has 0 aliphatic carbocycles. The number of hydrogen-bond acceptors (Lipinski definition) is 9. The van der Waals surface area contributed by atoms with E-state index in [2.05, 4.69) is 20.8 Å². The first-order valence-corrected chi connectivity index (χ1v) is 12.2. The van der Waals surface area contributed by atoms with E-state index in [1.807, 2.05) is 20.8 Å². The molecule has 1 aromatic heterocycles. The van der Waals surface area contributed by atoms with Crippen LogP contribution in [0.5, 0.6) is 0 Å². The molecule has 0 saturated carbocycles. The van der Waals surface area contributed by atoms with Crippen LogP contribution < -0.4 is 10.6 Å². The molecule has 3 rings (SSSR count). The molecule has 0 aliphatic rings. The van der Waals surface area contributed by atoms with Crippen LogP contribution in [0, 0.1) is 26.1 Å². The van der Waals surface area contributed by atoms with Gasteiger partial charge in [-0.25, -0.2) is 0 Å². The normalized spacial score (nSPS) is 11.7. The van der Waals surface area contributed by atoms with Crippen molar-refractivity contribution in [1.29, 1.82) is 0 Å². The smallest absolute Gasteiger partial charge is 0.292 e. The Morgan fingerprint density at radius 1 is 1.05 bits per heavy atom. The second-order valence-electron chi connectivity index (χ2n) is 8.20. The first kappa shape index (κ1) is 27.3. The van der Waals surface area contributed by atoms with Crippen molar-refractivity contribution in [3.63, 3.8) is 0 Å². The lowest BCUT2D eigenvalue weighted by Gasteiger charge is -2.22. The Balaban J connectivity index is 1.74. The molecule has 2 amide bonds. The molecule has 0 bridgehead atoms. The second-order valence-corrected chi connectivity index (χ2v) is 9.14. The van der Waals surface area contributed by atoms with Gasteiger partial charge in [-0.2, -0.15) is 0 Å². The molecule has 13 nitrogen and oxygen atoms in total. The van der Waals surface area contributed by atoms with Gasteiger partial charge in [-0.3, -0.25) is 29.8 Å². The highest BCUT2D eigenvalue weighted by atomic mass is 32.2. The number of para-hydroxylation sites is 2. The molecular formula is C23H25N7O6S. The van der Waals surface area contributed by atoms with Crippen molar-refractivity contribution in [1.82, 2.24) is 20.1 Å². The van der Waals surface area contributed by atoms with Crippen LogP contribution in [0.25, 0.3) is 0 Å². The van der Waals surface area contributed by atoms with E-state index in [9.17, 15) is 29.8 Å². The van der Waals surface area contributed by atoms with E-state index in [-0.39, 0.29) is 34.3 Å². The van der Waals surface area contributed by atoms with Crippen molar-refractivity contribution >= 4 is 40.6 Å². The number of nitro benzene ring substituents is 2. The van der Waals surface area contributed by atoms with Crippen LogP contribution >= 0.6 is 11.8 Å². The minimum atomic E-state index is -0.573. The highest BCUT2D eigenvalue weighted by Crippen LogP contribution is 2.27. The van der Waals surface area contributed by atoms with Gasteiger partial charge in [0.2, 0.25) is 5.91 Å². The number of benzene rings is 2. The van der Waals surface area contributed by atoms with Gasteiger partial charge in [-0.15, -0.1) is 10.2 Å². The van der Waals surface area contributed by atoms with Gasteiger partial charge in [-0.1, -0.05) is 43.8 Å². The summed E-state index contributed by atoms with van der Waals surface area (Å²) in [6, 6.07) is 10.7. The van der Waals surface area contributed by atoms with Gasteiger partial charge in [0.1, 0.15) is 5.69 Å². The van der Waals surface area contributed by atoms with Crippen molar-refractivity contribution in [3.05, 3.63) is 80.1 Å². The summed E-state index contributed by atoms with van der Waals surface area (Å²) in [5, 5.41) is 36.5. The lowest BCUT2D eigenvalue weighted by atomic mass is 10.0. The standard InChI is InChI=1S/C23H25N7O6S/c1-4-28-21(20(14(2)3)25-22(32)15-8-7-9-16(12-15)29(33)34)26-27-23(28)37-13-19(31)24-17-10-5-6-11-18(17)30(35)36/h5-12,14,20H,4,13H2,1-3H3,(H,24,31)(H,25,32)/t20-/m0/s1. The summed E-state index contributed by atoms with van der Waals surface area (Å²) in [6.45, 7) is 6.09. The van der Waals surface area contributed by atoms with Gasteiger partial charge in [0.15, 0.2) is 11.0 Å². The van der Waals surface area contributed by atoms with Crippen molar-refractivity contribution in [2.24, 2.45) is 5.92 Å². The molecule has 0 saturated heterocycles. The highest BCUT2D eigenvalue weighted by Gasteiger charge is 2.27. The third-order valence-corrected chi connectivity index (χ3v) is 6.29. The van der Waals surface area contributed by atoms with E-state index in [1.54, 1.807) is 10.6 Å². The molecule has 0 aliphatic heterocycles. The molecule has 2 N–H and O–H groups in total. The Morgan fingerprint density at radius 3 is 2.43 bits per heavy atom. The minimum absolute atomic E-state index is 0.0728. The average molecular weight is 528 g/mol. The summed E-state index contributed by atoms with van der Waals surface area (Å²) < 4.78 is 1.77. The molecule has 1 heterocycles. The number of aromatic nitrogens is 3. The number of rotatable bonds is 11. The van der Waals surface area contributed by atoms with E-state index in [0.29, 0.717) is 17.5 Å². The number of nitrogens with zero attached hydrogens (tertiary/aromatic N) is 5. The zero-order chi connectivity index (χ0) is 27.1. The van der Waals surface area contributed by atoms with Gasteiger partial charge in [0.25, 0.3) is 17.3 Å². The summed E-state index contributed by atoms with van der Waals surface area (Å²) >= 11 is 1.10. The lowest BCUT2D eigenvalue weighted by molar-refractivity contribution is -0.384. The van der Waals surface area contributed by atoms with Gasteiger partial charge in [0.05, 0.1) is 21.6 Å². The van der Waals surface area contributed by atoms with Gasteiger partial charge in [0, 0.05) is 30.3 Å². The first-order valence-electron chi connectivity index (χ1n) is 11.3. The van der Waals surface area contributed by atoms with Crippen LogP contribution in [0.2, 0.25) is 0 Å². The third-order valence-electron chi connectivity index (χ3n) is 5.32. The Hall–Kier alpha value is -4.33. The number of amides is 2. The predicted molar refractivity (Wildman–Crippen MR) is 136 cm³/mol. The molecule has 0 spiro atoms. The fourth-order valence-electron chi connectivity index (χ4n) is 3.50. The SMILES string of the molecule is CCn1c(SCC(=O)Nc2ccccc2[N+](=O)[O-])nnc1[C@@H](NC(=O)c1cccc([N+](=O)[O-])c1)C(C)C. The molecule has 37 heavy (non-hydrogen) atoms. The summed E-state index contributed by atoms with van der Waals surface area (Å²) in [5.41, 5.74) is -0.162. The molecular weight excluding hydrogens is 502 g/mol. The Labute approximate surface area is 216 Å². The van der Waals surface area contributed by atoms with E-state index in [4.69, 9.17) is 0 Å². The van der Waals surface area contributed by atoms with Crippen LogP contribution in [0.4, 0.5) is 17.1 Å². The minimum Gasteiger partial charge on any atom is -0.342 e. The fourth-order valence-corrected chi connectivity index (χ4v) is 4.31. The molecule has 3 aromatic rings. The van der Waals surface area contributed by atoms with Crippen LogP contribution in [0.3, 0.4) is 0 Å². The number of thioether (sulfide) groups is 1. The lowest BCUT2D eigenvalue weighted by Crippen LogP contribution is -2.33. The van der Waals surface area contributed by atoms with Crippen LogP contribution in [0.15, 0.2) is 53.7 Å². The van der Waals surface area contributed by atoms with E-state index >= 15 is 0 Å². The Kier molecular flexibility index (Phi) is 8.90. The maximum atomic E-state index is 12.9. The van der Waals surface area contributed by atoms with Crippen LogP contribution in [-0.4, -0.2) is 42.2 Å². The van der Waals surface area contributed by atoms with Gasteiger partial charge in [-0.05, 0) is 25.0 Å². The van der Waals surface area contributed by atoms with Crippen LogP contribution in [0.1, 0.15) is 43.0 Å². The third kappa shape index (κ3) is 6.67. The highest BCUT2D eigenvalue weighted by molar-refractivity contribution is 7.99. The Bertz CT molecular complexity index is 1330. The van der Waals surface area contributed by atoms with E-state index in [0.717, 1.165) is 11.8 Å². The molecule has 1 atom stereocenters. The van der Waals surface area contributed by atoms with Crippen LogP contribution in [-0.2, 0) is 11.3 Å². The molecule has 14 heteroatoms. The number of anilines is 1. The number of nitrogens with one attached hydrogen (secondary N) is 2. The maximum Gasteiger partial charge on any atom is 0.292 e. The quantitative estimate of drug-likeness (QED) is 0.212. The second kappa shape index (κ2) is 12.1. The summed E-state index contributed by atoms with van der Waals surface area (Å²) in [6.07, 6.45) is 0. The van der Waals surface area contributed by atoms with E-state index < -0.39 is 27.7 Å². The number of nitro groups is 2. The average Bonchev–Trinajstić information content (AvgIpc) is 3.28. The van der Waals surface area contributed by atoms with Gasteiger partial charge >= 0.3 is 0 Å². The van der Waals surface area contributed by atoms with Crippen molar-refractivity contribution in [2.75, 3.05) is 11.1 Å². The largest absolute Gasteiger partial charge is 0.342 e. The fraction of sp³-hybridized carbons (Fsp3) is 0.304. The number of non-ortho nitro benzene ring substituents is 1. The van der Waals surface area contributed by atoms with Gasteiger partial charge < -0.3 is 15.2 Å². The maximum absolute atomic E-state index is 12.9. The Morgan fingerprint density at radius 2 is 1.78 bits per heavy atom. The summed E-state index contributed by atoms with van der Waals surface area (Å²) in [4.78, 5) is 46.4. The number of carbonyl (C=O) groups excluding carboxylic acids is 2. The number of carbonyl (C=O) groups is 2. The molecule has 2 aromatic carbocycles. The summed E-state index contributed by atoms with van der Waals surface area (Å²) in [7, 11) is 0. The zero-order valence-electron chi connectivity index (χ0n) is 20.3. The molecule has 0 radical (unpaired) electrons. The molecule has 0 unspecified atom stereocenters. The molecule has 194 valence electrons. The number of hydrogen-bond donors (Lipinski definition) is 2.